The summed E-state index contributed by atoms with van der Waals surface area (Å²) in [5, 5.41) is 2.97. The van der Waals surface area contributed by atoms with Gasteiger partial charge in [0.25, 0.3) is 0 Å². The van der Waals surface area contributed by atoms with E-state index >= 15 is 0 Å². The summed E-state index contributed by atoms with van der Waals surface area (Å²) >= 11 is 0. The van der Waals surface area contributed by atoms with Gasteiger partial charge in [-0.2, -0.15) is 4.91 Å². The highest BCUT2D eigenvalue weighted by molar-refractivity contribution is 5.61. The minimum Gasteiger partial charge on any atom is -0.462 e. The number of nitroso groups, excluding NO2 is 1. The average Bonchev–Trinajstić information content (AvgIpc) is 3.03. The molecule has 3 aromatic rings. The van der Waals surface area contributed by atoms with E-state index in [0.717, 1.165) is 29.7 Å². The van der Waals surface area contributed by atoms with Gasteiger partial charge in [0.05, 0.1) is 6.26 Å². The fourth-order valence-electron chi connectivity index (χ4n) is 2.50. The Kier molecular flexibility index (Phi) is 4.39. The molecule has 3 rings (SSSR count). The maximum Gasteiger partial charge on any atom is 0.155 e. The van der Waals surface area contributed by atoms with Gasteiger partial charge in [0.1, 0.15) is 12.2 Å². The highest BCUT2D eigenvalue weighted by Gasteiger charge is 2.14. The second-order valence-electron chi connectivity index (χ2n) is 5.06. The lowest BCUT2D eigenvalue weighted by Crippen LogP contribution is -1.95. The Morgan fingerprint density at radius 1 is 0.955 bits per heavy atom. The lowest BCUT2D eigenvalue weighted by atomic mass is 10.0. The normalized spacial score (nSPS) is 10.5. The zero-order valence-electron chi connectivity index (χ0n) is 12.1. The molecule has 0 spiro atoms. The van der Waals surface area contributed by atoms with Crippen LogP contribution < -0.4 is 0 Å². The SMILES string of the molecule is O=NCc1cccnc1-c1occc1CCc1ccccc1. The zero-order valence-corrected chi connectivity index (χ0v) is 12.1. The summed E-state index contributed by atoms with van der Waals surface area (Å²) in [5.41, 5.74) is 3.86. The van der Waals surface area contributed by atoms with Crippen molar-refractivity contribution in [3.05, 3.63) is 82.6 Å². The highest BCUT2D eigenvalue weighted by atomic mass is 16.3. The second kappa shape index (κ2) is 6.80. The molecule has 2 heterocycles. The summed E-state index contributed by atoms with van der Waals surface area (Å²) < 4.78 is 5.62. The third-order valence-corrected chi connectivity index (χ3v) is 3.61. The number of pyridine rings is 1. The molecule has 0 aliphatic carbocycles. The third-order valence-electron chi connectivity index (χ3n) is 3.61. The summed E-state index contributed by atoms with van der Waals surface area (Å²) in [6, 6.07) is 15.9. The Bertz CT molecular complexity index is 751. The first-order valence-electron chi connectivity index (χ1n) is 7.22. The molecule has 0 saturated heterocycles. The van der Waals surface area contributed by atoms with E-state index in [0.29, 0.717) is 5.69 Å². The van der Waals surface area contributed by atoms with Gasteiger partial charge in [0.2, 0.25) is 0 Å². The molecule has 0 aliphatic heterocycles. The number of rotatable bonds is 6. The third kappa shape index (κ3) is 3.11. The Hall–Kier alpha value is -2.75. The molecule has 0 fully saturated rings. The maximum atomic E-state index is 10.6. The number of hydrogen-bond acceptors (Lipinski definition) is 4. The Morgan fingerprint density at radius 3 is 2.64 bits per heavy atom. The molecular weight excluding hydrogens is 276 g/mol. The molecule has 4 heteroatoms. The van der Waals surface area contributed by atoms with Crippen molar-refractivity contribution in [1.82, 2.24) is 4.98 Å². The summed E-state index contributed by atoms with van der Waals surface area (Å²) in [6.07, 6.45) is 5.16. The molecular formula is C18H16N2O2. The van der Waals surface area contributed by atoms with Crippen LogP contribution in [0.2, 0.25) is 0 Å². The number of nitrogens with zero attached hydrogens (tertiary/aromatic N) is 2. The van der Waals surface area contributed by atoms with Gasteiger partial charge in [0, 0.05) is 17.3 Å². The van der Waals surface area contributed by atoms with E-state index in [2.05, 4.69) is 22.3 Å². The van der Waals surface area contributed by atoms with Crippen LogP contribution in [0.1, 0.15) is 16.7 Å². The lowest BCUT2D eigenvalue weighted by Gasteiger charge is -2.06. The molecule has 0 unspecified atom stereocenters. The number of aromatic nitrogens is 1. The smallest absolute Gasteiger partial charge is 0.155 e. The maximum absolute atomic E-state index is 10.6. The number of benzene rings is 1. The topological polar surface area (TPSA) is 55.5 Å². The van der Waals surface area contributed by atoms with Crippen molar-refractivity contribution in [2.45, 2.75) is 19.4 Å². The van der Waals surface area contributed by atoms with Crippen LogP contribution in [0.5, 0.6) is 0 Å². The Labute approximate surface area is 128 Å². The van der Waals surface area contributed by atoms with Crippen molar-refractivity contribution in [1.29, 1.82) is 0 Å². The number of furan rings is 1. The van der Waals surface area contributed by atoms with Crippen molar-refractivity contribution in [2.24, 2.45) is 5.18 Å². The molecule has 0 radical (unpaired) electrons. The van der Waals surface area contributed by atoms with E-state index in [4.69, 9.17) is 4.42 Å². The van der Waals surface area contributed by atoms with E-state index < -0.39 is 0 Å². The average molecular weight is 292 g/mol. The molecule has 0 bridgehead atoms. The van der Waals surface area contributed by atoms with Crippen LogP contribution in [0.25, 0.3) is 11.5 Å². The molecule has 0 N–H and O–H groups in total. The fourth-order valence-corrected chi connectivity index (χ4v) is 2.50. The fraction of sp³-hybridized carbons (Fsp3) is 0.167. The summed E-state index contributed by atoms with van der Waals surface area (Å²) in [5.74, 6) is 0.732. The van der Waals surface area contributed by atoms with Gasteiger partial charge in [-0.05, 0) is 30.5 Å². The van der Waals surface area contributed by atoms with Gasteiger partial charge in [0.15, 0.2) is 5.76 Å². The van der Waals surface area contributed by atoms with Crippen molar-refractivity contribution in [3.8, 4) is 11.5 Å². The van der Waals surface area contributed by atoms with E-state index in [1.54, 1.807) is 18.5 Å². The van der Waals surface area contributed by atoms with E-state index in [1.165, 1.54) is 5.56 Å². The van der Waals surface area contributed by atoms with Crippen molar-refractivity contribution < 1.29 is 4.42 Å². The van der Waals surface area contributed by atoms with Gasteiger partial charge in [-0.3, -0.25) is 4.98 Å². The molecule has 4 nitrogen and oxygen atoms in total. The van der Waals surface area contributed by atoms with Gasteiger partial charge >= 0.3 is 0 Å². The quantitative estimate of drug-likeness (QED) is 0.633. The van der Waals surface area contributed by atoms with Gasteiger partial charge in [-0.15, -0.1) is 0 Å². The van der Waals surface area contributed by atoms with Crippen LogP contribution in [-0.4, -0.2) is 4.98 Å². The first-order valence-corrected chi connectivity index (χ1v) is 7.22. The lowest BCUT2D eigenvalue weighted by molar-refractivity contribution is 0.576. The predicted molar refractivity (Wildman–Crippen MR) is 85.3 cm³/mol. The van der Waals surface area contributed by atoms with Crippen molar-refractivity contribution >= 4 is 0 Å². The molecule has 2 aromatic heterocycles. The van der Waals surface area contributed by atoms with Crippen LogP contribution in [0.15, 0.2) is 70.6 Å². The molecule has 22 heavy (non-hydrogen) atoms. The number of hydrogen-bond donors (Lipinski definition) is 0. The first kappa shape index (κ1) is 14.2. The Balaban J connectivity index is 1.85. The first-order chi connectivity index (χ1) is 10.9. The van der Waals surface area contributed by atoms with E-state index in [1.807, 2.05) is 30.3 Å². The summed E-state index contributed by atoms with van der Waals surface area (Å²) in [4.78, 5) is 14.9. The van der Waals surface area contributed by atoms with E-state index in [-0.39, 0.29) is 6.54 Å². The highest BCUT2D eigenvalue weighted by Crippen LogP contribution is 2.27. The minimum absolute atomic E-state index is 0.0992. The monoisotopic (exact) mass is 292 g/mol. The summed E-state index contributed by atoms with van der Waals surface area (Å²) in [7, 11) is 0. The predicted octanol–water partition coefficient (Wildman–Crippen LogP) is 4.39. The largest absolute Gasteiger partial charge is 0.462 e. The molecule has 0 saturated carbocycles. The van der Waals surface area contributed by atoms with Crippen molar-refractivity contribution in [2.75, 3.05) is 0 Å². The van der Waals surface area contributed by atoms with Crippen molar-refractivity contribution in [3.63, 3.8) is 0 Å². The number of aryl methyl sites for hydroxylation is 2. The molecule has 0 atom stereocenters. The van der Waals surface area contributed by atoms with E-state index in [9.17, 15) is 4.91 Å². The van der Waals surface area contributed by atoms with Gasteiger partial charge < -0.3 is 4.42 Å². The second-order valence-corrected chi connectivity index (χ2v) is 5.06. The van der Waals surface area contributed by atoms with Crippen LogP contribution in [-0.2, 0) is 19.4 Å². The molecule has 110 valence electrons. The van der Waals surface area contributed by atoms with Gasteiger partial charge in [-0.25, -0.2) is 0 Å². The van der Waals surface area contributed by atoms with Gasteiger partial charge in [-0.1, -0.05) is 41.6 Å². The van der Waals surface area contributed by atoms with Crippen LogP contribution in [0.3, 0.4) is 0 Å². The van der Waals surface area contributed by atoms with Crippen LogP contribution in [0, 0.1) is 4.91 Å². The molecule has 1 aromatic carbocycles. The summed E-state index contributed by atoms with van der Waals surface area (Å²) in [6.45, 7) is 0.0992. The molecule has 0 aliphatic rings. The zero-order chi connectivity index (χ0) is 15.2. The Morgan fingerprint density at radius 2 is 1.82 bits per heavy atom. The molecule has 0 amide bonds. The van der Waals surface area contributed by atoms with Crippen LogP contribution in [0.4, 0.5) is 0 Å². The standard InChI is InChI=1S/C18H16N2O2/c21-20-13-16-7-4-11-19-17(16)18-15(10-12-22-18)9-8-14-5-2-1-3-6-14/h1-7,10-12H,8-9,13H2. The van der Waals surface area contributed by atoms with Crippen LogP contribution >= 0.6 is 0 Å². The minimum atomic E-state index is 0.0992.